The van der Waals surface area contributed by atoms with Gasteiger partial charge in [-0.2, -0.15) is 0 Å². The Morgan fingerprint density at radius 2 is 1.89 bits per heavy atom. The summed E-state index contributed by atoms with van der Waals surface area (Å²) in [5, 5.41) is 0. The Kier molecular flexibility index (Phi) is 2.72. The van der Waals surface area contributed by atoms with Crippen LogP contribution in [0.15, 0.2) is 36.4 Å². The molecule has 0 radical (unpaired) electrons. The van der Waals surface area contributed by atoms with E-state index in [-0.39, 0.29) is 0 Å². The highest BCUT2D eigenvalue weighted by atomic mass is 16.5. The lowest BCUT2D eigenvalue weighted by Gasteiger charge is -2.00. The highest BCUT2D eigenvalue weighted by molar-refractivity contribution is 5.81. The van der Waals surface area contributed by atoms with Gasteiger partial charge in [0.05, 0.1) is 7.11 Å². The first-order valence-corrected chi connectivity index (χ1v) is 5.76. The normalized spacial score (nSPS) is 10.6. The Balaban J connectivity index is 2.06. The fourth-order valence-corrected chi connectivity index (χ4v) is 1.86. The SMILES string of the molecule is COc1ccc(-c2nc3ccc(C=O)nc3[nH]2)cc1. The Morgan fingerprint density at radius 1 is 1.11 bits per heavy atom. The van der Waals surface area contributed by atoms with E-state index in [0.29, 0.717) is 23.5 Å². The van der Waals surface area contributed by atoms with Gasteiger partial charge < -0.3 is 9.72 Å². The molecule has 0 aliphatic carbocycles. The van der Waals surface area contributed by atoms with E-state index in [9.17, 15) is 4.79 Å². The number of ether oxygens (including phenoxy) is 1. The second kappa shape index (κ2) is 4.53. The molecule has 0 saturated carbocycles. The van der Waals surface area contributed by atoms with Crippen LogP contribution in [-0.4, -0.2) is 28.3 Å². The Hall–Kier alpha value is -2.69. The topological polar surface area (TPSA) is 67.9 Å². The molecular weight excluding hydrogens is 242 g/mol. The van der Waals surface area contributed by atoms with Crippen molar-refractivity contribution < 1.29 is 9.53 Å². The van der Waals surface area contributed by atoms with Crippen LogP contribution in [0, 0.1) is 0 Å². The zero-order valence-corrected chi connectivity index (χ0v) is 10.3. The third-order valence-corrected chi connectivity index (χ3v) is 2.85. The zero-order chi connectivity index (χ0) is 13.2. The molecule has 0 amide bonds. The molecular formula is C14H11N3O2. The van der Waals surface area contributed by atoms with Crippen molar-refractivity contribution in [2.45, 2.75) is 0 Å². The molecule has 2 heterocycles. The Bertz CT molecular complexity index is 732. The van der Waals surface area contributed by atoms with Gasteiger partial charge in [0.1, 0.15) is 22.8 Å². The maximum atomic E-state index is 10.7. The lowest BCUT2D eigenvalue weighted by Crippen LogP contribution is -1.86. The summed E-state index contributed by atoms with van der Waals surface area (Å²) in [6.07, 6.45) is 0.716. The van der Waals surface area contributed by atoms with Crippen LogP contribution in [0.5, 0.6) is 5.75 Å². The molecule has 0 bridgehead atoms. The van der Waals surface area contributed by atoms with Gasteiger partial charge in [0.2, 0.25) is 0 Å². The fourth-order valence-electron chi connectivity index (χ4n) is 1.86. The lowest BCUT2D eigenvalue weighted by molar-refractivity contribution is 0.111. The third kappa shape index (κ3) is 2.06. The van der Waals surface area contributed by atoms with Gasteiger partial charge in [0, 0.05) is 5.56 Å². The minimum atomic E-state index is 0.387. The van der Waals surface area contributed by atoms with Crippen LogP contribution < -0.4 is 4.74 Å². The minimum Gasteiger partial charge on any atom is -0.497 e. The van der Waals surface area contributed by atoms with Gasteiger partial charge in [-0.15, -0.1) is 0 Å². The highest BCUT2D eigenvalue weighted by Crippen LogP contribution is 2.22. The maximum absolute atomic E-state index is 10.7. The number of hydrogen-bond acceptors (Lipinski definition) is 4. The summed E-state index contributed by atoms with van der Waals surface area (Å²) in [6.45, 7) is 0. The number of carbonyl (C=O) groups excluding carboxylic acids is 1. The first kappa shape index (κ1) is 11.4. The molecule has 1 aromatic carbocycles. The van der Waals surface area contributed by atoms with E-state index in [1.165, 1.54) is 0 Å². The summed E-state index contributed by atoms with van der Waals surface area (Å²) in [5.74, 6) is 1.51. The van der Waals surface area contributed by atoms with Crippen molar-refractivity contribution in [3.8, 4) is 17.1 Å². The number of pyridine rings is 1. The molecule has 0 aliphatic rings. The summed E-state index contributed by atoms with van der Waals surface area (Å²) >= 11 is 0. The molecule has 0 atom stereocenters. The van der Waals surface area contributed by atoms with Crippen molar-refractivity contribution in [3.63, 3.8) is 0 Å². The summed E-state index contributed by atoms with van der Waals surface area (Å²) in [4.78, 5) is 22.4. The van der Waals surface area contributed by atoms with E-state index in [0.717, 1.165) is 16.8 Å². The van der Waals surface area contributed by atoms with Crippen molar-refractivity contribution >= 4 is 17.5 Å². The van der Waals surface area contributed by atoms with Gasteiger partial charge in [-0.05, 0) is 36.4 Å². The van der Waals surface area contributed by atoms with Crippen LogP contribution in [0.4, 0.5) is 0 Å². The number of rotatable bonds is 3. The van der Waals surface area contributed by atoms with E-state index >= 15 is 0 Å². The van der Waals surface area contributed by atoms with E-state index < -0.39 is 0 Å². The summed E-state index contributed by atoms with van der Waals surface area (Å²) < 4.78 is 5.11. The third-order valence-electron chi connectivity index (χ3n) is 2.85. The van der Waals surface area contributed by atoms with Crippen molar-refractivity contribution in [1.29, 1.82) is 0 Å². The van der Waals surface area contributed by atoms with Gasteiger partial charge in [-0.3, -0.25) is 4.79 Å². The zero-order valence-electron chi connectivity index (χ0n) is 10.3. The minimum absolute atomic E-state index is 0.387. The van der Waals surface area contributed by atoms with Crippen LogP contribution in [0.3, 0.4) is 0 Å². The smallest absolute Gasteiger partial charge is 0.168 e. The lowest BCUT2D eigenvalue weighted by atomic mass is 10.2. The van der Waals surface area contributed by atoms with Crippen molar-refractivity contribution in [3.05, 3.63) is 42.1 Å². The number of imidazole rings is 1. The van der Waals surface area contributed by atoms with Crippen LogP contribution in [0.25, 0.3) is 22.6 Å². The maximum Gasteiger partial charge on any atom is 0.168 e. The quantitative estimate of drug-likeness (QED) is 0.728. The summed E-state index contributed by atoms with van der Waals surface area (Å²) in [6, 6.07) is 11.0. The molecule has 0 aliphatic heterocycles. The average Bonchev–Trinajstić information content (AvgIpc) is 2.90. The second-order valence-corrected chi connectivity index (χ2v) is 4.04. The monoisotopic (exact) mass is 253 g/mol. The van der Waals surface area contributed by atoms with E-state index in [4.69, 9.17) is 4.74 Å². The summed E-state index contributed by atoms with van der Waals surface area (Å²) in [5.41, 5.74) is 2.66. The molecule has 0 unspecified atom stereocenters. The van der Waals surface area contributed by atoms with Gasteiger partial charge in [-0.25, -0.2) is 9.97 Å². The first-order valence-electron chi connectivity index (χ1n) is 5.76. The van der Waals surface area contributed by atoms with Crippen LogP contribution in [0.1, 0.15) is 10.5 Å². The molecule has 5 heteroatoms. The molecule has 3 rings (SSSR count). The predicted molar refractivity (Wildman–Crippen MR) is 71.3 cm³/mol. The molecule has 3 aromatic rings. The molecule has 19 heavy (non-hydrogen) atoms. The first-order chi connectivity index (χ1) is 9.30. The molecule has 1 N–H and O–H groups in total. The number of nitrogens with zero attached hydrogens (tertiary/aromatic N) is 2. The predicted octanol–water partition coefficient (Wildman–Crippen LogP) is 2.45. The standard InChI is InChI=1S/C14H11N3O2/c1-19-11-5-2-9(3-6-11)13-16-12-7-4-10(8-18)15-14(12)17-13/h2-8H,1H3,(H,15,16,17). The second-order valence-electron chi connectivity index (χ2n) is 4.04. The number of hydrogen-bond donors (Lipinski definition) is 1. The summed E-state index contributed by atoms with van der Waals surface area (Å²) in [7, 11) is 1.63. The highest BCUT2D eigenvalue weighted by Gasteiger charge is 2.07. The van der Waals surface area contributed by atoms with Gasteiger partial charge in [0.25, 0.3) is 0 Å². The Labute approximate surface area is 109 Å². The number of fused-ring (bicyclic) bond motifs is 1. The van der Waals surface area contributed by atoms with Gasteiger partial charge in [0.15, 0.2) is 11.9 Å². The van der Waals surface area contributed by atoms with Gasteiger partial charge >= 0.3 is 0 Å². The number of carbonyl (C=O) groups is 1. The molecule has 0 spiro atoms. The molecule has 0 saturated heterocycles. The largest absolute Gasteiger partial charge is 0.497 e. The number of aromatic amines is 1. The van der Waals surface area contributed by atoms with E-state index in [1.807, 2.05) is 24.3 Å². The molecule has 0 fully saturated rings. The van der Waals surface area contributed by atoms with Crippen molar-refractivity contribution in [2.75, 3.05) is 7.11 Å². The molecule has 2 aromatic heterocycles. The number of methoxy groups -OCH3 is 1. The van der Waals surface area contributed by atoms with Crippen LogP contribution in [-0.2, 0) is 0 Å². The number of benzene rings is 1. The Morgan fingerprint density at radius 3 is 2.58 bits per heavy atom. The number of aldehydes is 1. The average molecular weight is 253 g/mol. The van der Waals surface area contributed by atoms with E-state index in [2.05, 4.69) is 15.0 Å². The molecule has 5 nitrogen and oxygen atoms in total. The number of H-pyrrole nitrogens is 1. The molecule has 94 valence electrons. The van der Waals surface area contributed by atoms with Gasteiger partial charge in [-0.1, -0.05) is 0 Å². The van der Waals surface area contributed by atoms with Crippen LogP contribution in [0.2, 0.25) is 0 Å². The number of nitrogens with one attached hydrogen (secondary N) is 1. The van der Waals surface area contributed by atoms with E-state index in [1.54, 1.807) is 19.2 Å². The number of aromatic nitrogens is 3. The van der Waals surface area contributed by atoms with Crippen LogP contribution >= 0.6 is 0 Å². The van der Waals surface area contributed by atoms with Crippen molar-refractivity contribution in [1.82, 2.24) is 15.0 Å². The fraction of sp³-hybridized carbons (Fsp3) is 0.0714. The van der Waals surface area contributed by atoms with Crippen molar-refractivity contribution in [2.24, 2.45) is 0 Å².